The van der Waals surface area contributed by atoms with E-state index in [1.165, 1.54) is 30.5 Å². The van der Waals surface area contributed by atoms with Crippen LogP contribution in [0.2, 0.25) is 10.0 Å². The van der Waals surface area contributed by atoms with Gasteiger partial charge in [-0.15, -0.1) is 0 Å². The molecule has 0 amide bonds. The quantitative estimate of drug-likeness (QED) is 0.870. The van der Waals surface area contributed by atoms with Crippen molar-refractivity contribution in [2.75, 3.05) is 0 Å². The summed E-state index contributed by atoms with van der Waals surface area (Å²) >= 11 is 11.5. The highest BCUT2D eigenvalue weighted by Gasteiger charge is 2.17. The molecule has 0 aliphatic rings. The molecule has 0 fully saturated rings. The van der Waals surface area contributed by atoms with Gasteiger partial charge in [-0.2, -0.15) is 9.78 Å². The van der Waals surface area contributed by atoms with Gasteiger partial charge in [0, 0.05) is 6.04 Å². The summed E-state index contributed by atoms with van der Waals surface area (Å²) in [6.07, 6.45) is 1.93. The van der Waals surface area contributed by atoms with Crippen molar-refractivity contribution in [3.63, 3.8) is 0 Å². The Balaban J connectivity index is 2.38. The first-order valence-corrected chi connectivity index (χ1v) is 9.06. The highest BCUT2D eigenvalue weighted by atomic mass is 35.5. The molecule has 0 saturated heterocycles. The Labute approximate surface area is 144 Å². The van der Waals surface area contributed by atoms with Crippen LogP contribution < -0.4 is 10.3 Å². The van der Waals surface area contributed by atoms with Crippen molar-refractivity contribution in [1.82, 2.24) is 14.5 Å². The smallest absolute Gasteiger partial charge is 0.266 e. The van der Waals surface area contributed by atoms with Gasteiger partial charge >= 0.3 is 0 Å². The summed E-state index contributed by atoms with van der Waals surface area (Å²) in [5.41, 5.74) is -0.191. The summed E-state index contributed by atoms with van der Waals surface area (Å²) in [5, 5.41) is 3.80. The molecule has 0 radical (unpaired) electrons. The zero-order valence-corrected chi connectivity index (χ0v) is 14.8. The minimum atomic E-state index is -3.60. The average molecular weight is 376 g/mol. The third kappa shape index (κ3) is 3.92. The number of nitrogens with one attached hydrogen (secondary N) is 1. The lowest BCUT2D eigenvalue weighted by Crippen LogP contribution is -2.32. The highest BCUT2D eigenvalue weighted by Crippen LogP contribution is 2.17. The largest absolute Gasteiger partial charge is 0.291 e. The maximum atomic E-state index is 12.2. The Bertz CT molecular complexity index is 864. The first-order chi connectivity index (χ1) is 10.8. The number of rotatable bonds is 5. The molecule has 1 heterocycles. The van der Waals surface area contributed by atoms with Crippen molar-refractivity contribution in [3.05, 3.63) is 50.9 Å². The van der Waals surface area contributed by atoms with E-state index < -0.39 is 15.6 Å². The van der Waals surface area contributed by atoms with Crippen LogP contribution in [0.25, 0.3) is 5.69 Å². The lowest BCUT2D eigenvalue weighted by molar-refractivity contribution is 0.556. The van der Waals surface area contributed by atoms with Gasteiger partial charge in [0.05, 0.1) is 21.8 Å². The fourth-order valence-corrected chi connectivity index (χ4v) is 3.36. The monoisotopic (exact) mass is 375 g/mol. The first-order valence-electron chi connectivity index (χ1n) is 6.82. The number of nitrogens with zero attached hydrogens (tertiary/aromatic N) is 2. The SMILES string of the molecule is CCC(C)NS(=O)(=O)c1ccc(-n2ncc(Cl)c(Cl)c2=O)cc1. The first kappa shape index (κ1) is 17.9. The summed E-state index contributed by atoms with van der Waals surface area (Å²) in [4.78, 5) is 12.1. The van der Waals surface area contributed by atoms with Crippen molar-refractivity contribution >= 4 is 33.2 Å². The van der Waals surface area contributed by atoms with E-state index in [0.29, 0.717) is 12.1 Å². The van der Waals surface area contributed by atoms with Crippen LogP contribution in [0.1, 0.15) is 20.3 Å². The van der Waals surface area contributed by atoms with E-state index in [4.69, 9.17) is 23.2 Å². The molecule has 9 heteroatoms. The number of aromatic nitrogens is 2. The molecule has 1 atom stereocenters. The van der Waals surface area contributed by atoms with Crippen molar-refractivity contribution in [2.24, 2.45) is 0 Å². The van der Waals surface area contributed by atoms with Crippen LogP contribution in [0, 0.1) is 0 Å². The molecule has 2 rings (SSSR count). The number of hydrogen-bond acceptors (Lipinski definition) is 4. The van der Waals surface area contributed by atoms with Gasteiger partial charge in [0.2, 0.25) is 10.0 Å². The van der Waals surface area contributed by atoms with E-state index in [0.717, 1.165) is 4.68 Å². The molecule has 0 aliphatic heterocycles. The fraction of sp³-hybridized carbons (Fsp3) is 0.286. The molecule has 1 aromatic carbocycles. The lowest BCUT2D eigenvalue weighted by atomic mass is 10.3. The van der Waals surface area contributed by atoms with E-state index in [-0.39, 0.29) is 21.0 Å². The third-order valence-electron chi connectivity index (χ3n) is 3.24. The van der Waals surface area contributed by atoms with E-state index in [1.54, 1.807) is 6.92 Å². The molecule has 1 unspecified atom stereocenters. The second-order valence-electron chi connectivity index (χ2n) is 4.95. The fourth-order valence-electron chi connectivity index (χ4n) is 1.78. The van der Waals surface area contributed by atoms with Gasteiger partial charge < -0.3 is 0 Å². The molecule has 124 valence electrons. The van der Waals surface area contributed by atoms with E-state index in [1.807, 2.05) is 6.92 Å². The Morgan fingerprint density at radius 3 is 2.43 bits per heavy atom. The topological polar surface area (TPSA) is 81.1 Å². The van der Waals surface area contributed by atoms with Gasteiger partial charge in [0.15, 0.2) is 0 Å². The van der Waals surface area contributed by atoms with Crippen molar-refractivity contribution in [2.45, 2.75) is 31.2 Å². The molecule has 2 aromatic rings. The number of sulfonamides is 1. The Kier molecular flexibility index (Phi) is 5.46. The van der Waals surface area contributed by atoms with Gasteiger partial charge in [-0.3, -0.25) is 4.79 Å². The summed E-state index contributed by atoms with van der Waals surface area (Å²) < 4.78 is 28.0. The minimum Gasteiger partial charge on any atom is -0.266 e. The normalized spacial score (nSPS) is 13.0. The van der Waals surface area contributed by atoms with Crippen LogP contribution in [0.4, 0.5) is 0 Å². The zero-order valence-electron chi connectivity index (χ0n) is 12.5. The van der Waals surface area contributed by atoms with Crippen LogP contribution in [-0.4, -0.2) is 24.2 Å². The van der Waals surface area contributed by atoms with Crippen LogP contribution in [0.15, 0.2) is 40.2 Å². The van der Waals surface area contributed by atoms with Crippen molar-refractivity contribution < 1.29 is 8.42 Å². The predicted octanol–water partition coefficient (Wildman–Crippen LogP) is 2.62. The standard InChI is InChI=1S/C14H15Cl2N3O3S/c1-3-9(2)18-23(21,22)11-6-4-10(5-7-11)19-14(20)13(16)12(15)8-17-19/h4-9,18H,3H2,1-2H3. The molecule has 23 heavy (non-hydrogen) atoms. The van der Waals surface area contributed by atoms with Crippen molar-refractivity contribution in [3.8, 4) is 5.69 Å². The average Bonchev–Trinajstić information content (AvgIpc) is 2.52. The van der Waals surface area contributed by atoms with E-state index >= 15 is 0 Å². The lowest BCUT2D eigenvalue weighted by Gasteiger charge is -2.12. The molecule has 0 spiro atoms. The Morgan fingerprint density at radius 2 is 1.87 bits per heavy atom. The van der Waals surface area contributed by atoms with Crippen molar-refractivity contribution in [1.29, 1.82) is 0 Å². The van der Waals surface area contributed by atoms with Gasteiger partial charge in [-0.05, 0) is 37.6 Å². The molecule has 0 aliphatic carbocycles. The Hall–Kier alpha value is -1.41. The van der Waals surface area contributed by atoms with E-state index in [2.05, 4.69) is 9.82 Å². The molecule has 1 aromatic heterocycles. The second kappa shape index (κ2) is 7.00. The van der Waals surface area contributed by atoms with Gasteiger partial charge in [0.1, 0.15) is 5.02 Å². The number of hydrogen-bond donors (Lipinski definition) is 1. The van der Waals surface area contributed by atoms with E-state index in [9.17, 15) is 13.2 Å². The molecule has 0 saturated carbocycles. The van der Waals surface area contributed by atoms with Crippen LogP contribution in [0.5, 0.6) is 0 Å². The number of halogens is 2. The summed E-state index contributed by atoms with van der Waals surface area (Å²) in [7, 11) is -3.60. The predicted molar refractivity (Wildman–Crippen MR) is 89.9 cm³/mol. The summed E-state index contributed by atoms with van der Waals surface area (Å²) in [6, 6.07) is 5.58. The molecule has 0 bridgehead atoms. The number of benzene rings is 1. The van der Waals surface area contributed by atoms with Gasteiger partial charge in [0.25, 0.3) is 5.56 Å². The highest BCUT2D eigenvalue weighted by molar-refractivity contribution is 7.89. The van der Waals surface area contributed by atoms with Gasteiger partial charge in [-0.1, -0.05) is 30.1 Å². The van der Waals surface area contributed by atoms with Gasteiger partial charge in [-0.25, -0.2) is 13.1 Å². The summed E-state index contributed by atoms with van der Waals surface area (Å²) in [5.74, 6) is 0. The van der Waals surface area contributed by atoms with Crippen LogP contribution in [-0.2, 0) is 10.0 Å². The molecule has 6 nitrogen and oxygen atoms in total. The molecular weight excluding hydrogens is 361 g/mol. The maximum Gasteiger partial charge on any atom is 0.291 e. The third-order valence-corrected chi connectivity index (χ3v) is 5.59. The second-order valence-corrected chi connectivity index (χ2v) is 7.45. The zero-order chi connectivity index (χ0) is 17.2. The summed E-state index contributed by atoms with van der Waals surface area (Å²) in [6.45, 7) is 3.67. The minimum absolute atomic E-state index is 0.0601. The molecular formula is C14H15Cl2N3O3S. The maximum absolute atomic E-state index is 12.2. The molecule has 1 N–H and O–H groups in total. The van der Waals surface area contributed by atoms with Crippen LogP contribution >= 0.6 is 23.2 Å². The Morgan fingerprint density at radius 1 is 1.26 bits per heavy atom. The van der Waals surface area contributed by atoms with Crippen LogP contribution in [0.3, 0.4) is 0 Å².